The van der Waals surface area contributed by atoms with Crippen molar-refractivity contribution < 1.29 is 0 Å². The van der Waals surface area contributed by atoms with Gasteiger partial charge in [0.15, 0.2) is 5.65 Å². The van der Waals surface area contributed by atoms with Crippen LogP contribution in [0.1, 0.15) is 24.8 Å². The van der Waals surface area contributed by atoms with Crippen molar-refractivity contribution in [3.63, 3.8) is 0 Å². The average Bonchev–Trinajstić information content (AvgIpc) is 2.79. The first kappa shape index (κ1) is 10.2. The van der Waals surface area contributed by atoms with E-state index in [1.54, 1.807) is 0 Å². The molecule has 0 amide bonds. The monoisotopic (exact) mass is 254 g/mol. The molecule has 0 spiro atoms. The zero-order valence-electron chi connectivity index (χ0n) is 11.1. The van der Waals surface area contributed by atoms with Gasteiger partial charge in [-0.25, -0.2) is 4.52 Å². The minimum atomic E-state index is 0.657. The maximum atomic E-state index is 4.57. The Balaban J connectivity index is 1.41. The van der Waals surface area contributed by atoms with E-state index in [2.05, 4.69) is 28.4 Å². The highest BCUT2D eigenvalue weighted by Crippen LogP contribution is 2.66. The van der Waals surface area contributed by atoms with Crippen molar-refractivity contribution in [1.29, 1.82) is 0 Å². The summed E-state index contributed by atoms with van der Waals surface area (Å²) in [6.45, 7) is 2.08. The van der Waals surface area contributed by atoms with Gasteiger partial charge < -0.3 is 5.32 Å². The van der Waals surface area contributed by atoms with Crippen LogP contribution in [0.5, 0.6) is 0 Å². The second-order valence-corrected chi connectivity index (χ2v) is 6.60. The van der Waals surface area contributed by atoms with Gasteiger partial charge in [0.05, 0.1) is 0 Å². The predicted molar refractivity (Wildman–Crippen MR) is 72.9 cm³/mol. The largest absolute Gasteiger partial charge is 0.350 e. The topological polar surface area (TPSA) is 42.2 Å². The minimum absolute atomic E-state index is 0.657. The lowest BCUT2D eigenvalue weighted by Gasteiger charge is -2.08. The molecule has 2 aromatic rings. The van der Waals surface area contributed by atoms with Gasteiger partial charge in [-0.15, -0.1) is 5.10 Å². The molecule has 4 unspecified atom stereocenters. The lowest BCUT2D eigenvalue weighted by molar-refractivity contribution is 0.456. The molecule has 19 heavy (non-hydrogen) atoms. The highest BCUT2D eigenvalue weighted by Gasteiger charge is 2.65. The van der Waals surface area contributed by atoms with Crippen LogP contribution >= 0.6 is 0 Å². The number of fused-ring (bicyclic) bond motifs is 6. The van der Waals surface area contributed by atoms with Gasteiger partial charge in [0.25, 0.3) is 0 Å². The van der Waals surface area contributed by atoms with Crippen LogP contribution in [0.3, 0.4) is 0 Å². The third kappa shape index (κ3) is 1.34. The number of hydrogen-bond acceptors (Lipinski definition) is 3. The highest BCUT2D eigenvalue weighted by molar-refractivity contribution is 5.45. The molecule has 0 aliphatic heterocycles. The summed E-state index contributed by atoms with van der Waals surface area (Å²) < 4.78 is 1.88. The molecule has 0 radical (unpaired) electrons. The summed E-state index contributed by atoms with van der Waals surface area (Å²) in [6.07, 6.45) is 6.44. The van der Waals surface area contributed by atoms with Crippen molar-refractivity contribution in [2.24, 2.45) is 23.7 Å². The molecular weight excluding hydrogens is 236 g/mol. The Kier molecular flexibility index (Phi) is 1.78. The third-order valence-electron chi connectivity index (χ3n) is 5.51. The fourth-order valence-electron chi connectivity index (χ4n) is 4.71. The zero-order chi connectivity index (χ0) is 12.6. The normalized spacial score (nSPS) is 38.7. The molecule has 2 bridgehead atoms. The summed E-state index contributed by atoms with van der Waals surface area (Å²) in [7, 11) is 0. The van der Waals surface area contributed by atoms with Crippen LogP contribution in [0.4, 0.5) is 5.95 Å². The standard InChI is InChI=1S/C15H18N4/c1-8-2-5-11-16-15(18-19(11)7-8)17-14-12-9-3-4-10(6-9)13(12)14/h2,5,7,9-10,12-14H,3-4,6H2,1H3,(H,17,18). The molecule has 2 aromatic heterocycles. The highest BCUT2D eigenvalue weighted by atomic mass is 15.4. The van der Waals surface area contributed by atoms with Crippen molar-refractivity contribution in [2.75, 3.05) is 5.32 Å². The van der Waals surface area contributed by atoms with Gasteiger partial charge in [0.2, 0.25) is 5.95 Å². The first-order valence-electron chi connectivity index (χ1n) is 7.39. The molecule has 98 valence electrons. The number of nitrogens with zero attached hydrogens (tertiary/aromatic N) is 3. The summed E-state index contributed by atoms with van der Waals surface area (Å²) >= 11 is 0. The maximum absolute atomic E-state index is 4.57. The quantitative estimate of drug-likeness (QED) is 0.895. The Morgan fingerprint density at radius 2 is 2.00 bits per heavy atom. The van der Waals surface area contributed by atoms with E-state index in [0.717, 1.165) is 35.3 Å². The first-order chi connectivity index (χ1) is 9.29. The summed E-state index contributed by atoms with van der Waals surface area (Å²) in [5.74, 6) is 4.64. The average molecular weight is 254 g/mol. The van der Waals surface area contributed by atoms with Crippen molar-refractivity contribution in [2.45, 2.75) is 32.2 Å². The molecule has 4 atom stereocenters. The zero-order valence-corrected chi connectivity index (χ0v) is 11.1. The number of rotatable bonds is 2. The van der Waals surface area contributed by atoms with Gasteiger partial charge in [0.1, 0.15) is 0 Å². The number of nitrogens with one attached hydrogen (secondary N) is 1. The molecule has 3 fully saturated rings. The lowest BCUT2D eigenvalue weighted by atomic mass is 10.0. The van der Waals surface area contributed by atoms with Crippen LogP contribution in [0.25, 0.3) is 5.65 Å². The Morgan fingerprint density at radius 1 is 1.21 bits per heavy atom. The number of aryl methyl sites for hydroxylation is 1. The van der Waals surface area contributed by atoms with Crippen LogP contribution in [-0.2, 0) is 0 Å². The van der Waals surface area contributed by atoms with E-state index in [0.29, 0.717) is 6.04 Å². The fourth-order valence-corrected chi connectivity index (χ4v) is 4.71. The van der Waals surface area contributed by atoms with Gasteiger partial charge >= 0.3 is 0 Å². The van der Waals surface area contributed by atoms with Gasteiger partial charge in [-0.3, -0.25) is 0 Å². The lowest BCUT2D eigenvalue weighted by Crippen LogP contribution is -2.13. The molecule has 5 rings (SSSR count). The van der Waals surface area contributed by atoms with Crippen molar-refractivity contribution in [3.8, 4) is 0 Å². The molecule has 1 N–H and O–H groups in total. The summed E-state index contributed by atoms with van der Waals surface area (Å²) in [4.78, 5) is 4.57. The molecule has 3 aliphatic rings. The molecule has 3 aliphatic carbocycles. The van der Waals surface area contributed by atoms with E-state index in [1.807, 2.05) is 16.8 Å². The number of pyridine rings is 1. The van der Waals surface area contributed by atoms with Crippen LogP contribution in [0, 0.1) is 30.6 Å². The van der Waals surface area contributed by atoms with Crippen LogP contribution in [-0.4, -0.2) is 20.6 Å². The molecule has 0 saturated heterocycles. The first-order valence-corrected chi connectivity index (χ1v) is 7.39. The molecule has 4 nitrogen and oxygen atoms in total. The SMILES string of the molecule is Cc1ccc2nc(NC3C4C5CCC(C5)C34)nn2c1. The van der Waals surface area contributed by atoms with Crippen molar-refractivity contribution in [1.82, 2.24) is 14.6 Å². The Labute approximate surface area is 112 Å². The summed E-state index contributed by atoms with van der Waals surface area (Å²) in [6, 6.07) is 4.77. The van der Waals surface area contributed by atoms with Gasteiger partial charge in [-0.1, -0.05) is 6.07 Å². The van der Waals surface area contributed by atoms with Crippen molar-refractivity contribution in [3.05, 3.63) is 23.9 Å². The number of hydrogen-bond donors (Lipinski definition) is 1. The number of aromatic nitrogens is 3. The van der Waals surface area contributed by atoms with E-state index in [9.17, 15) is 0 Å². The summed E-state index contributed by atoms with van der Waals surface area (Å²) in [5, 5.41) is 8.13. The van der Waals surface area contributed by atoms with Crippen molar-refractivity contribution >= 4 is 11.6 Å². The Hall–Kier alpha value is -1.58. The summed E-state index contributed by atoms with van der Waals surface area (Å²) in [5.41, 5.74) is 2.15. The molecule has 3 saturated carbocycles. The van der Waals surface area contributed by atoms with Gasteiger partial charge in [0, 0.05) is 12.2 Å². The van der Waals surface area contributed by atoms with E-state index in [4.69, 9.17) is 0 Å². The predicted octanol–water partition coefficient (Wildman–Crippen LogP) is 2.49. The smallest absolute Gasteiger partial charge is 0.243 e. The van der Waals surface area contributed by atoms with Gasteiger partial charge in [-0.05, 0) is 61.5 Å². The minimum Gasteiger partial charge on any atom is -0.350 e. The van der Waals surface area contributed by atoms with Crippen LogP contribution in [0.2, 0.25) is 0 Å². The second-order valence-electron chi connectivity index (χ2n) is 6.60. The third-order valence-corrected chi connectivity index (χ3v) is 5.51. The van der Waals surface area contributed by atoms with E-state index >= 15 is 0 Å². The van der Waals surface area contributed by atoms with E-state index < -0.39 is 0 Å². The van der Waals surface area contributed by atoms with Gasteiger partial charge in [-0.2, -0.15) is 4.98 Å². The second kappa shape index (κ2) is 3.30. The fraction of sp³-hybridized carbons (Fsp3) is 0.600. The Morgan fingerprint density at radius 3 is 2.79 bits per heavy atom. The maximum Gasteiger partial charge on any atom is 0.243 e. The van der Waals surface area contributed by atoms with E-state index in [1.165, 1.54) is 24.8 Å². The number of anilines is 1. The molecule has 2 heterocycles. The van der Waals surface area contributed by atoms with Crippen LogP contribution in [0.15, 0.2) is 18.3 Å². The molecular formula is C15H18N4. The van der Waals surface area contributed by atoms with Crippen LogP contribution < -0.4 is 5.32 Å². The Bertz CT molecular complexity index is 645. The van der Waals surface area contributed by atoms with E-state index in [-0.39, 0.29) is 0 Å². The molecule has 0 aromatic carbocycles. The molecule has 4 heteroatoms.